The van der Waals surface area contributed by atoms with Gasteiger partial charge in [-0.15, -0.1) is 12.6 Å². The third kappa shape index (κ3) is 2.52. The van der Waals surface area contributed by atoms with Crippen molar-refractivity contribution in [3.63, 3.8) is 0 Å². The molecule has 2 aromatic carbocycles. The number of thiol groups is 1. The Morgan fingerprint density at radius 2 is 1.68 bits per heavy atom. The van der Waals surface area contributed by atoms with Crippen molar-refractivity contribution >= 4 is 23.8 Å². The predicted octanol–water partition coefficient (Wildman–Crippen LogP) is 5.15. The molecule has 19 heavy (non-hydrogen) atoms. The van der Waals surface area contributed by atoms with Crippen LogP contribution >= 0.6 is 12.6 Å². The molecule has 0 saturated heterocycles. The summed E-state index contributed by atoms with van der Waals surface area (Å²) >= 11 is 4.54. The van der Waals surface area contributed by atoms with Crippen LogP contribution in [0.3, 0.4) is 0 Å². The molecule has 0 bridgehead atoms. The molecule has 1 aliphatic carbocycles. The molecule has 0 saturated carbocycles. The van der Waals surface area contributed by atoms with E-state index in [9.17, 15) is 0 Å². The summed E-state index contributed by atoms with van der Waals surface area (Å²) in [5.74, 6) is 0. The molecule has 3 rings (SSSR count). The third-order valence-electron chi connectivity index (χ3n) is 3.51. The van der Waals surface area contributed by atoms with E-state index in [1.807, 2.05) is 12.1 Å². The number of rotatable bonds is 2. The van der Waals surface area contributed by atoms with E-state index in [1.54, 1.807) is 0 Å². The monoisotopic (exact) mass is 264 g/mol. The molecule has 0 atom stereocenters. The zero-order valence-corrected chi connectivity index (χ0v) is 11.8. The highest BCUT2D eigenvalue weighted by Crippen LogP contribution is 2.34. The zero-order chi connectivity index (χ0) is 13.2. The minimum absolute atomic E-state index is 0.987. The van der Waals surface area contributed by atoms with Crippen molar-refractivity contribution in [2.24, 2.45) is 0 Å². The van der Waals surface area contributed by atoms with E-state index in [2.05, 4.69) is 68.1 Å². The largest absolute Gasteiger partial charge is 0.143 e. The summed E-state index contributed by atoms with van der Waals surface area (Å²) in [6.45, 7) is 2.12. The molecule has 0 radical (unpaired) electrons. The highest BCUT2D eigenvalue weighted by atomic mass is 32.1. The van der Waals surface area contributed by atoms with Crippen LogP contribution in [0.15, 0.2) is 65.6 Å². The van der Waals surface area contributed by atoms with E-state index >= 15 is 0 Å². The summed E-state index contributed by atoms with van der Waals surface area (Å²) in [7, 11) is 0. The number of aryl methyl sites for hydroxylation is 1. The molecule has 0 nitrogen and oxygen atoms in total. The van der Waals surface area contributed by atoms with E-state index < -0.39 is 0 Å². The van der Waals surface area contributed by atoms with Gasteiger partial charge in [0.2, 0.25) is 0 Å². The van der Waals surface area contributed by atoms with Crippen molar-refractivity contribution in [3.05, 3.63) is 77.4 Å². The van der Waals surface area contributed by atoms with Gasteiger partial charge >= 0.3 is 0 Å². The molecule has 0 N–H and O–H groups in total. The van der Waals surface area contributed by atoms with E-state index in [0.717, 1.165) is 11.3 Å². The van der Waals surface area contributed by atoms with Crippen molar-refractivity contribution in [1.82, 2.24) is 0 Å². The smallest absolute Gasteiger partial charge is 0.0115 e. The number of allylic oxidation sites excluding steroid dienone is 4. The Morgan fingerprint density at radius 3 is 2.42 bits per heavy atom. The first-order valence-corrected chi connectivity index (χ1v) is 6.95. The highest BCUT2D eigenvalue weighted by Gasteiger charge is 2.11. The van der Waals surface area contributed by atoms with Crippen LogP contribution in [0, 0.1) is 6.92 Å². The van der Waals surface area contributed by atoms with Crippen LogP contribution in [0.5, 0.6) is 0 Å². The van der Waals surface area contributed by atoms with Crippen LogP contribution in [0.25, 0.3) is 11.1 Å². The highest BCUT2D eigenvalue weighted by molar-refractivity contribution is 7.80. The van der Waals surface area contributed by atoms with Gasteiger partial charge in [-0.05, 0) is 41.7 Å². The van der Waals surface area contributed by atoms with Gasteiger partial charge < -0.3 is 0 Å². The summed E-state index contributed by atoms with van der Waals surface area (Å²) in [4.78, 5) is 1.05. The first-order chi connectivity index (χ1) is 9.24. The van der Waals surface area contributed by atoms with Crippen molar-refractivity contribution < 1.29 is 0 Å². The minimum Gasteiger partial charge on any atom is -0.143 e. The molecular formula is C18H16S. The lowest BCUT2D eigenvalue weighted by molar-refractivity contribution is 1.34. The van der Waals surface area contributed by atoms with Gasteiger partial charge in [0, 0.05) is 4.90 Å². The van der Waals surface area contributed by atoms with Crippen molar-refractivity contribution in [3.8, 4) is 0 Å². The van der Waals surface area contributed by atoms with Gasteiger partial charge in [0.25, 0.3) is 0 Å². The van der Waals surface area contributed by atoms with Crippen LogP contribution in [-0.2, 0) is 0 Å². The molecule has 0 spiro atoms. The van der Waals surface area contributed by atoms with Crippen molar-refractivity contribution in [1.29, 1.82) is 0 Å². The van der Waals surface area contributed by atoms with Crippen LogP contribution in [0.4, 0.5) is 0 Å². The van der Waals surface area contributed by atoms with E-state index in [-0.39, 0.29) is 0 Å². The summed E-state index contributed by atoms with van der Waals surface area (Å²) in [5.41, 5.74) is 6.49. The maximum atomic E-state index is 4.54. The first kappa shape index (κ1) is 12.3. The molecule has 0 aliphatic heterocycles. The van der Waals surface area contributed by atoms with Gasteiger partial charge in [0.15, 0.2) is 0 Å². The Balaban J connectivity index is 1.92. The lowest BCUT2D eigenvalue weighted by Crippen LogP contribution is -1.83. The molecule has 2 aromatic rings. The van der Waals surface area contributed by atoms with Gasteiger partial charge in [0.1, 0.15) is 0 Å². The Labute approximate surface area is 119 Å². The van der Waals surface area contributed by atoms with Crippen LogP contribution in [-0.4, -0.2) is 0 Å². The Hall–Kier alpha value is -1.73. The molecular weight excluding hydrogens is 248 g/mol. The fourth-order valence-corrected chi connectivity index (χ4v) is 2.71. The number of benzene rings is 2. The standard InChI is InChI=1S/C18H16S/c1-13-6-8-14(9-7-13)15-10-11-16(12-15)17-4-2-3-5-18(17)19/h2-10,12,19H,11H2,1H3. The topological polar surface area (TPSA) is 0 Å². The van der Waals surface area contributed by atoms with Crippen LogP contribution < -0.4 is 0 Å². The van der Waals surface area contributed by atoms with Gasteiger partial charge in [-0.1, -0.05) is 60.2 Å². The molecule has 1 heteroatoms. The molecule has 0 fully saturated rings. The third-order valence-corrected chi connectivity index (χ3v) is 3.90. The average Bonchev–Trinajstić information content (AvgIpc) is 2.89. The average molecular weight is 264 g/mol. The maximum absolute atomic E-state index is 4.54. The van der Waals surface area contributed by atoms with Crippen LogP contribution in [0.1, 0.15) is 23.1 Å². The van der Waals surface area contributed by atoms with E-state index in [1.165, 1.54) is 27.8 Å². The fourth-order valence-electron chi connectivity index (χ4n) is 2.41. The van der Waals surface area contributed by atoms with Gasteiger partial charge in [-0.25, -0.2) is 0 Å². The van der Waals surface area contributed by atoms with Crippen molar-refractivity contribution in [2.75, 3.05) is 0 Å². The molecule has 0 heterocycles. The SMILES string of the molecule is Cc1ccc(C2=CCC(c3ccccc3S)=C2)cc1. The Bertz CT molecular complexity index is 660. The zero-order valence-electron chi connectivity index (χ0n) is 10.9. The summed E-state index contributed by atoms with van der Waals surface area (Å²) in [5, 5.41) is 0. The van der Waals surface area contributed by atoms with Gasteiger partial charge in [0.05, 0.1) is 0 Å². The molecule has 94 valence electrons. The first-order valence-electron chi connectivity index (χ1n) is 6.50. The second-order valence-corrected chi connectivity index (χ2v) is 5.40. The quantitative estimate of drug-likeness (QED) is 0.712. The fraction of sp³-hybridized carbons (Fsp3) is 0.111. The predicted molar refractivity (Wildman–Crippen MR) is 85.4 cm³/mol. The summed E-state index contributed by atoms with van der Waals surface area (Å²) in [6.07, 6.45) is 5.56. The second-order valence-electron chi connectivity index (χ2n) is 4.92. The Morgan fingerprint density at radius 1 is 0.947 bits per heavy atom. The van der Waals surface area contributed by atoms with Crippen LogP contribution in [0.2, 0.25) is 0 Å². The molecule has 0 aromatic heterocycles. The van der Waals surface area contributed by atoms with Crippen molar-refractivity contribution in [2.45, 2.75) is 18.2 Å². The number of hydrogen-bond acceptors (Lipinski definition) is 1. The lowest BCUT2D eigenvalue weighted by atomic mass is 10.0. The Kier molecular flexibility index (Phi) is 3.31. The molecule has 0 unspecified atom stereocenters. The molecule has 1 aliphatic rings. The normalized spacial score (nSPS) is 14.2. The van der Waals surface area contributed by atoms with E-state index in [4.69, 9.17) is 0 Å². The number of hydrogen-bond donors (Lipinski definition) is 1. The lowest BCUT2D eigenvalue weighted by Gasteiger charge is -2.05. The van der Waals surface area contributed by atoms with E-state index in [0.29, 0.717) is 0 Å². The molecule has 0 amide bonds. The van der Waals surface area contributed by atoms with Gasteiger partial charge in [-0.2, -0.15) is 0 Å². The second kappa shape index (κ2) is 5.10. The summed E-state index contributed by atoms with van der Waals surface area (Å²) in [6, 6.07) is 17.0. The maximum Gasteiger partial charge on any atom is 0.0115 e. The summed E-state index contributed by atoms with van der Waals surface area (Å²) < 4.78 is 0. The van der Waals surface area contributed by atoms with Gasteiger partial charge in [-0.3, -0.25) is 0 Å². The minimum atomic E-state index is 0.987.